The molecule has 1 saturated carbocycles. The van der Waals surface area contributed by atoms with Crippen molar-refractivity contribution in [2.45, 2.75) is 18.8 Å². The third-order valence-corrected chi connectivity index (χ3v) is 8.91. The number of anilines is 1. The summed E-state index contributed by atoms with van der Waals surface area (Å²) in [6.07, 6.45) is 3.79. The van der Waals surface area contributed by atoms with Gasteiger partial charge < -0.3 is 14.5 Å². The number of nitrogens with one attached hydrogen (secondary N) is 1. The number of ether oxygens (including phenoxy) is 1. The Morgan fingerprint density at radius 3 is 2.15 bits per heavy atom. The topological polar surface area (TPSA) is 123 Å². The van der Waals surface area contributed by atoms with E-state index < -0.39 is 19.9 Å². The quantitative estimate of drug-likeness (QED) is 0.269. The van der Waals surface area contributed by atoms with Crippen LogP contribution in [0, 0.1) is 5.82 Å². The Hall–Kier alpha value is -3.90. The Labute approximate surface area is 237 Å². The van der Waals surface area contributed by atoms with Gasteiger partial charge in [-0.1, -0.05) is 0 Å². The smallest absolute Gasteiger partial charge is 0.255 e. The van der Waals surface area contributed by atoms with E-state index in [4.69, 9.17) is 9.15 Å². The summed E-state index contributed by atoms with van der Waals surface area (Å²) in [6.45, 7) is -0.242. The number of carbonyl (C=O) groups is 1. The van der Waals surface area contributed by atoms with Crippen molar-refractivity contribution < 1.29 is 35.2 Å². The largest absolute Gasteiger partial charge is 0.457 e. The molecule has 9 nitrogen and oxygen atoms in total. The molecular weight excluding hydrogens is 571 g/mol. The van der Waals surface area contributed by atoms with E-state index in [0.717, 1.165) is 35.2 Å². The van der Waals surface area contributed by atoms with E-state index in [2.05, 4.69) is 5.32 Å². The molecule has 1 fully saturated rings. The number of carbonyl (C=O) groups excluding carboxylic acids is 1. The number of furan rings is 1. The first kappa shape index (κ1) is 28.6. The van der Waals surface area contributed by atoms with E-state index in [9.17, 15) is 26.0 Å². The molecule has 41 heavy (non-hydrogen) atoms. The highest BCUT2D eigenvalue weighted by Crippen LogP contribution is 2.48. The van der Waals surface area contributed by atoms with Crippen LogP contribution in [0.1, 0.15) is 34.7 Å². The van der Waals surface area contributed by atoms with Crippen LogP contribution < -0.4 is 14.4 Å². The fourth-order valence-electron chi connectivity index (χ4n) is 4.67. The molecule has 1 aliphatic carbocycles. The van der Waals surface area contributed by atoms with E-state index in [-0.39, 0.29) is 41.3 Å². The predicted octanol–water partition coefficient (Wildman–Crippen LogP) is 5.08. The number of nitrogens with zero attached hydrogens (tertiary/aromatic N) is 1. The molecule has 1 amide bonds. The zero-order chi connectivity index (χ0) is 29.5. The number of fused-ring (bicyclic) bond motifs is 1. The van der Waals surface area contributed by atoms with Gasteiger partial charge in [0.25, 0.3) is 5.91 Å². The molecule has 0 atom stereocenters. The van der Waals surface area contributed by atoms with Gasteiger partial charge in [0.2, 0.25) is 10.0 Å². The SMILES string of the molecule is CNC(=O)c1c(-c2ccc(Oc3ccc(F)cc3)cc2)oc2cc(N(CCS(C)(=O)=O)S(C)(=O)=O)c(C3CC3)cc12. The molecule has 0 radical (unpaired) electrons. The van der Waals surface area contributed by atoms with Crippen molar-refractivity contribution in [1.29, 1.82) is 0 Å². The molecule has 1 heterocycles. The van der Waals surface area contributed by atoms with Crippen molar-refractivity contribution in [1.82, 2.24) is 5.32 Å². The summed E-state index contributed by atoms with van der Waals surface area (Å²) in [5.41, 5.74) is 2.23. The average Bonchev–Trinajstić information content (AvgIpc) is 3.68. The minimum Gasteiger partial charge on any atom is -0.457 e. The number of sulfonamides is 1. The maximum absolute atomic E-state index is 13.2. The van der Waals surface area contributed by atoms with Crippen LogP contribution in [0.4, 0.5) is 10.1 Å². The number of rotatable bonds is 10. The highest BCUT2D eigenvalue weighted by atomic mass is 32.2. The van der Waals surface area contributed by atoms with Gasteiger partial charge in [-0.3, -0.25) is 9.10 Å². The van der Waals surface area contributed by atoms with Crippen molar-refractivity contribution >= 4 is 42.4 Å². The molecule has 1 aromatic heterocycles. The third kappa shape index (κ3) is 6.38. The van der Waals surface area contributed by atoms with E-state index in [1.54, 1.807) is 36.4 Å². The van der Waals surface area contributed by atoms with Gasteiger partial charge in [-0.25, -0.2) is 21.2 Å². The van der Waals surface area contributed by atoms with Gasteiger partial charge in [0.05, 0.1) is 23.3 Å². The van der Waals surface area contributed by atoms with Crippen molar-refractivity contribution in [3.63, 3.8) is 0 Å². The van der Waals surface area contributed by atoms with Gasteiger partial charge in [0, 0.05) is 36.9 Å². The molecular formula is C29H29FN2O7S2. The second-order valence-corrected chi connectivity index (χ2v) is 14.3. The van der Waals surface area contributed by atoms with Gasteiger partial charge in [-0.2, -0.15) is 0 Å². The summed E-state index contributed by atoms with van der Waals surface area (Å²) in [7, 11) is -5.76. The molecule has 216 valence electrons. The van der Waals surface area contributed by atoms with Crippen molar-refractivity contribution in [2.75, 3.05) is 36.2 Å². The molecule has 0 spiro atoms. The first-order chi connectivity index (χ1) is 19.3. The molecule has 3 aromatic carbocycles. The lowest BCUT2D eigenvalue weighted by Crippen LogP contribution is -2.35. The lowest BCUT2D eigenvalue weighted by molar-refractivity contribution is 0.0964. The minimum absolute atomic E-state index is 0.0793. The van der Waals surface area contributed by atoms with E-state index >= 15 is 0 Å². The molecule has 0 unspecified atom stereocenters. The highest BCUT2D eigenvalue weighted by molar-refractivity contribution is 7.92. The Bertz CT molecular complexity index is 1830. The molecule has 4 aromatic rings. The Morgan fingerprint density at radius 2 is 1.61 bits per heavy atom. The van der Waals surface area contributed by atoms with Crippen LogP contribution in [0.15, 0.2) is 65.1 Å². The molecule has 1 N–H and O–H groups in total. The van der Waals surface area contributed by atoms with Crippen molar-refractivity contribution in [2.24, 2.45) is 0 Å². The molecule has 12 heteroatoms. The fraction of sp³-hybridized carbons (Fsp3) is 0.276. The van der Waals surface area contributed by atoms with Crippen LogP contribution in [-0.4, -0.2) is 54.6 Å². The number of amides is 1. The van der Waals surface area contributed by atoms with Gasteiger partial charge in [0.1, 0.15) is 38.5 Å². The van der Waals surface area contributed by atoms with Crippen LogP contribution in [0.25, 0.3) is 22.3 Å². The predicted molar refractivity (Wildman–Crippen MR) is 155 cm³/mol. The monoisotopic (exact) mass is 600 g/mol. The second-order valence-electron chi connectivity index (χ2n) is 10.1. The Balaban J connectivity index is 1.60. The average molecular weight is 601 g/mol. The summed E-state index contributed by atoms with van der Waals surface area (Å²) in [5.74, 6) is 0.219. The number of hydrogen-bond donors (Lipinski definition) is 1. The summed E-state index contributed by atoms with van der Waals surface area (Å²) < 4.78 is 75.7. The minimum atomic E-state index is -3.83. The molecule has 5 rings (SSSR count). The van der Waals surface area contributed by atoms with E-state index in [1.807, 2.05) is 0 Å². The second kappa shape index (κ2) is 10.8. The normalized spacial score (nSPS) is 13.8. The zero-order valence-electron chi connectivity index (χ0n) is 22.7. The van der Waals surface area contributed by atoms with Crippen LogP contribution >= 0.6 is 0 Å². The van der Waals surface area contributed by atoms with Crippen molar-refractivity contribution in [3.05, 3.63) is 77.6 Å². The Kier molecular flexibility index (Phi) is 7.56. The Morgan fingerprint density at radius 1 is 1.00 bits per heavy atom. The number of hydrogen-bond acceptors (Lipinski definition) is 7. The van der Waals surface area contributed by atoms with Crippen LogP contribution in [-0.2, 0) is 19.9 Å². The molecule has 1 aliphatic rings. The van der Waals surface area contributed by atoms with Gasteiger partial charge in [-0.05, 0) is 78.9 Å². The van der Waals surface area contributed by atoms with Gasteiger partial charge in [0.15, 0.2) is 0 Å². The number of sulfone groups is 1. The summed E-state index contributed by atoms with van der Waals surface area (Å²) in [5, 5.41) is 3.18. The highest BCUT2D eigenvalue weighted by Gasteiger charge is 2.33. The summed E-state index contributed by atoms with van der Waals surface area (Å²) in [4.78, 5) is 13.1. The first-order valence-electron chi connectivity index (χ1n) is 12.9. The van der Waals surface area contributed by atoms with Crippen molar-refractivity contribution in [3.8, 4) is 22.8 Å². The maximum atomic E-state index is 13.2. The zero-order valence-corrected chi connectivity index (χ0v) is 24.3. The van der Waals surface area contributed by atoms with E-state index in [1.165, 1.54) is 31.3 Å². The van der Waals surface area contributed by atoms with Gasteiger partial charge in [-0.15, -0.1) is 0 Å². The molecule has 0 bridgehead atoms. The summed E-state index contributed by atoms with van der Waals surface area (Å²) in [6, 6.07) is 15.8. The standard InChI is InChI=1S/C29H29FN2O7S2/c1-31-29(33)27-24-16-23(18-4-5-18)25(32(41(3,36)37)14-15-40(2,34)35)17-26(24)39-28(27)19-6-10-21(11-7-19)38-22-12-8-20(30)9-13-22/h6-13,16-18H,4-5,14-15H2,1-3H3,(H,31,33). The lowest BCUT2D eigenvalue weighted by atomic mass is 10.0. The number of halogens is 1. The first-order valence-corrected chi connectivity index (χ1v) is 16.8. The van der Waals surface area contributed by atoms with Gasteiger partial charge >= 0.3 is 0 Å². The maximum Gasteiger partial charge on any atom is 0.255 e. The fourth-order valence-corrected chi connectivity index (χ4v) is 6.23. The lowest BCUT2D eigenvalue weighted by Gasteiger charge is -2.25. The molecule has 0 saturated heterocycles. The molecule has 0 aliphatic heterocycles. The van der Waals surface area contributed by atoms with Crippen LogP contribution in [0.5, 0.6) is 11.5 Å². The van der Waals surface area contributed by atoms with Crippen LogP contribution in [0.2, 0.25) is 0 Å². The number of benzene rings is 3. The third-order valence-electron chi connectivity index (χ3n) is 6.81. The van der Waals surface area contributed by atoms with E-state index in [0.29, 0.717) is 33.7 Å². The van der Waals surface area contributed by atoms with Crippen LogP contribution in [0.3, 0.4) is 0 Å². The summed E-state index contributed by atoms with van der Waals surface area (Å²) >= 11 is 0.